The molecule has 0 bridgehead atoms. The van der Waals surface area contributed by atoms with Crippen molar-refractivity contribution in [3.05, 3.63) is 23.8 Å². The van der Waals surface area contributed by atoms with Gasteiger partial charge < -0.3 is 14.4 Å². The van der Waals surface area contributed by atoms with Crippen molar-refractivity contribution in [2.45, 2.75) is 52.5 Å². The molecular formula is C18H27NO3. The highest BCUT2D eigenvalue weighted by Gasteiger charge is 2.26. The van der Waals surface area contributed by atoms with Gasteiger partial charge in [-0.1, -0.05) is 6.92 Å². The quantitative estimate of drug-likeness (QED) is 0.800. The largest absolute Gasteiger partial charge is 0.490 e. The minimum Gasteiger partial charge on any atom is -0.490 e. The van der Waals surface area contributed by atoms with Gasteiger partial charge in [-0.15, -0.1) is 0 Å². The lowest BCUT2D eigenvalue weighted by Crippen LogP contribution is -2.43. The van der Waals surface area contributed by atoms with E-state index in [2.05, 4.69) is 6.92 Å². The molecule has 122 valence electrons. The van der Waals surface area contributed by atoms with Gasteiger partial charge in [-0.3, -0.25) is 4.79 Å². The Morgan fingerprint density at radius 2 is 1.86 bits per heavy atom. The maximum absolute atomic E-state index is 12.8. The molecule has 1 saturated heterocycles. The molecule has 1 aliphatic heterocycles. The monoisotopic (exact) mass is 305 g/mol. The van der Waals surface area contributed by atoms with Crippen molar-refractivity contribution in [2.24, 2.45) is 0 Å². The second-order valence-corrected chi connectivity index (χ2v) is 5.58. The summed E-state index contributed by atoms with van der Waals surface area (Å²) >= 11 is 0. The number of nitrogens with zero attached hydrogens (tertiary/aromatic N) is 1. The Labute approximate surface area is 133 Å². The number of carbonyl (C=O) groups excluding carboxylic acids is 1. The van der Waals surface area contributed by atoms with E-state index in [9.17, 15) is 4.79 Å². The Balaban J connectivity index is 2.23. The van der Waals surface area contributed by atoms with Gasteiger partial charge in [-0.2, -0.15) is 0 Å². The van der Waals surface area contributed by atoms with Gasteiger partial charge in [0.2, 0.25) is 0 Å². The van der Waals surface area contributed by atoms with Crippen molar-refractivity contribution in [1.29, 1.82) is 0 Å². The average Bonchev–Trinajstić information content (AvgIpc) is 2.56. The highest BCUT2D eigenvalue weighted by Crippen LogP contribution is 2.30. The zero-order chi connectivity index (χ0) is 15.9. The molecule has 22 heavy (non-hydrogen) atoms. The summed E-state index contributed by atoms with van der Waals surface area (Å²) in [7, 11) is 0. The number of carbonyl (C=O) groups is 1. The first kappa shape index (κ1) is 16.7. The third kappa shape index (κ3) is 3.73. The fraction of sp³-hybridized carbons (Fsp3) is 0.611. The number of piperidine rings is 1. The van der Waals surface area contributed by atoms with Crippen molar-refractivity contribution in [3.8, 4) is 11.5 Å². The second kappa shape index (κ2) is 8.06. The number of hydrogen-bond acceptors (Lipinski definition) is 3. The number of benzene rings is 1. The van der Waals surface area contributed by atoms with E-state index >= 15 is 0 Å². The van der Waals surface area contributed by atoms with Crippen LogP contribution in [0.25, 0.3) is 0 Å². The molecule has 1 amide bonds. The Hall–Kier alpha value is -1.71. The van der Waals surface area contributed by atoms with Crippen LogP contribution >= 0.6 is 0 Å². The molecule has 1 atom stereocenters. The predicted molar refractivity (Wildman–Crippen MR) is 87.7 cm³/mol. The summed E-state index contributed by atoms with van der Waals surface area (Å²) in [5.41, 5.74) is 0.687. The molecule has 0 saturated carbocycles. The summed E-state index contributed by atoms with van der Waals surface area (Å²) in [6, 6.07) is 5.87. The van der Waals surface area contributed by atoms with E-state index in [0.29, 0.717) is 36.3 Å². The van der Waals surface area contributed by atoms with Gasteiger partial charge in [0, 0.05) is 18.2 Å². The highest BCUT2D eigenvalue weighted by molar-refractivity contribution is 5.95. The third-order valence-corrected chi connectivity index (χ3v) is 4.15. The summed E-state index contributed by atoms with van der Waals surface area (Å²) in [5, 5.41) is 0. The topological polar surface area (TPSA) is 38.8 Å². The molecule has 0 radical (unpaired) electrons. The molecule has 4 heteroatoms. The van der Waals surface area contributed by atoms with Crippen LogP contribution in [0.3, 0.4) is 0 Å². The minimum atomic E-state index is 0.107. The smallest absolute Gasteiger partial charge is 0.254 e. The van der Waals surface area contributed by atoms with Crippen LogP contribution in [0, 0.1) is 0 Å². The standard InChI is InChI=1S/C18H27NO3/c1-4-15-9-7-8-12-19(15)18(20)14-10-11-16(21-5-2)17(13-14)22-6-3/h10-11,13,15H,4-9,12H2,1-3H3. The first-order valence-electron chi connectivity index (χ1n) is 8.41. The lowest BCUT2D eigenvalue weighted by molar-refractivity contribution is 0.0607. The molecule has 1 fully saturated rings. The highest BCUT2D eigenvalue weighted by atomic mass is 16.5. The normalized spacial score (nSPS) is 18.1. The summed E-state index contributed by atoms with van der Waals surface area (Å²) in [5.74, 6) is 1.46. The summed E-state index contributed by atoms with van der Waals surface area (Å²) < 4.78 is 11.2. The first-order chi connectivity index (χ1) is 10.7. The number of amides is 1. The van der Waals surface area contributed by atoms with Gasteiger partial charge in [0.15, 0.2) is 11.5 Å². The number of likely N-dealkylation sites (tertiary alicyclic amines) is 1. The van der Waals surface area contributed by atoms with Crippen LogP contribution in [0.1, 0.15) is 56.8 Å². The maximum atomic E-state index is 12.8. The fourth-order valence-electron chi connectivity index (χ4n) is 3.04. The molecule has 1 aromatic rings. The van der Waals surface area contributed by atoms with Crippen LogP contribution in [0.15, 0.2) is 18.2 Å². The molecule has 0 aromatic heterocycles. The van der Waals surface area contributed by atoms with Gasteiger partial charge in [0.1, 0.15) is 0 Å². The Kier molecular flexibility index (Phi) is 6.10. The van der Waals surface area contributed by atoms with Gasteiger partial charge in [-0.05, 0) is 57.7 Å². The van der Waals surface area contributed by atoms with Crippen LogP contribution in [0.5, 0.6) is 11.5 Å². The van der Waals surface area contributed by atoms with Crippen molar-refractivity contribution in [2.75, 3.05) is 19.8 Å². The molecule has 4 nitrogen and oxygen atoms in total. The fourth-order valence-corrected chi connectivity index (χ4v) is 3.04. The molecule has 0 N–H and O–H groups in total. The Bertz CT molecular complexity index is 501. The van der Waals surface area contributed by atoms with E-state index in [0.717, 1.165) is 25.8 Å². The van der Waals surface area contributed by atoms with Gasteiger partial charge >= 0.3 is 0 Å². The minimum absolute atomic E-state index is 0.107. The summed E-state index contributed by atoms with van der Waals surface area (Å²) in [4.78, 5) is 14.8. The van der Waals surface area contributed by atoms with E-state index in [1.165, 1.54) is 6.42 Å². The van der Waals surface area contributed by atoms with E-state index in [1.54, 1.807) is 0 Å². The van der Waals surface area contributed by atoms with E-state index in [-0.39, 0.29) is 5.91 Å². The van der Waals surface area contributed by atoms with Crippen molar-refractivity contribution in [1.82, 2.24) is 4.90 Å². The zero-order valence-electron chi connectivity index (χ0n) is 13.9. The van der Waals surface area contributed by atoms with Gasteiger partial charge in [0.25, 0.3) is 5.91 Å². The molecule has 0 aliphatic carbocycles. The SMILES string of the molecule is CCOc1ccc(C(=O)N2CCCCC2CC)cc1OCC. The Morgan fingerprint density at radius 3 is 2.55 bits per heavy atom. The number of hydrogen-bond donors (Lipinski definition) is 0. The molecule has 2 rings (SSSR count). The number of rotatable bonds is 6. The zero-order valence-corrected chi connectivity index (χ0v) is 13.9. The molecular weight excluding hydrogens is 278 g/mol. The summed E-state index contributed by atoms with van der Waals surface area (Å²) in [6.07, 6.45) is 4.44. The third-order valence-electron chi connectivity index (χ3n) is 4.15. The molecule has 1 aliphatic rings. The van der Waals surface area contributed by atoms with Crippen LogP contribution in [-0.2, 0) is 0 Å². The molecule has 0 spiro atoms. The molecule has 1 heterocycles. The van der Waals surface area contributed by atoms with Crippen LogP contribution in [0.4, 0.5) is 0 Å². The molecule has 1 aromatic carbocycles. The molecule has 1 unspecified atom stereocenters. The number of ether oxygens (including phenoxy) is 2. The second-order valence-electron chi connectivity index (χ2n) is 5.58. The van der Waals surface area contributed by atoms with E-state index < -0.39 is 0 Å². The van der Waals surface area contributed by atoms with Crippen LogP contribution in [0.2, 0.25) is 0 Å². The lowest BCUT2D eigenvalue weighted by atomic mass is 9.99. The lowest BCUT2D eigenvalue weighted by Gasteiger charge is -2.35. The average molecular weight is 305 g/mol. The van der Waals surface area contributed by atoms with Crippen molar-refractivity contribution in [3.63, 3.8) is 0 Å². The van der Waals surface area contributed by atoms with Crippen LogP contribution < -0.4 is 9.47 Å². The van der Waals surface area contributed by atoms with E-state index in [1.807, 2.05) is 36.9 Å². The van der Waals surface area contributed by atoms with Crippen molar-refractivity contribution >= 4 is 5.91 Å². The van der Waals surface area contributed by atoms with Gasteiger partial charge in [0.05, 0.1) is 13.2 Å². The van der Waals surface area contributed by atoms with Crippen molar-refractivity contribution < 1.29 is 14.3 Å². The van der Waals surface area contributed by atoms with Gasteiger partial charge in [-0.25, -0.2) is 0 Å². The first-order valence-corrected chi connectivity index (χ1v) is 8.41. The van der Waals surface area contributed by atoms with Crippen LogP contribution in [-0.4, -0.2) is 36.6 Å². The Morgan fingerprint density at radius 1 is 1.14 bits per heavy atom. The predicted octanol–water partition coefficient (Wildman–Crippen LogP) is 3.89. The van der Waals surface area contributed by atoms with E-state index in [4.69, 9.17) is 9.47 Å². The maximum Gasteiger partial charge on any atom is 0.254 e. The summed E-state index contributed by atoms with van der Waals surface area (Å²) in [6.45, 7) is 8.02.